The summed E-state index contributed by atoms with van der Waals surface area (Å²) in [6.45, 7) is 6.34. The first-order valence-corrected chi connectivity index (χ1v) is 31.7. The van der Waals surface area contributed by atoms with E-state index in [0.717, 1.165) is 109 Å². The summed E-state index contributed by atoms with van der Waals surface area (Å²) in [5.74, 6) is -1.01. The van der Waals surface area contributed by atoms with Gasteiger partial charge in [0, 0.05) is 19.3 Å². The smallest absolute Gasteiger partial charge is 0.306 e. The van der Waals surface area contributed by atoms with Gasteiger partial charge in [0.25, 0.3) is 0 Å². The maximum atomic E-state index is 12.9. The second-order valence-electron chi connectivity index (χ2n) is 20.5. The zero-order valence-electron chi connectivity index (χ0n) is 49.9. The van der Waals surface area contributed by atoms with Gasteiger partial charge in [0.2, 0.25) is 0 Å². The van der Waals surface area contributed by atoms with Crippen molar-refractivity contribution in [2.75, 3.05) is 13.2 Å². The SMILES string of the molecule is CC/C=C\C/C=C\C/C=C\C/C=C\C/C=C\C/C=C\CCC(=O)OC(COC(=O)CCCCCCCCC/C=C\C/C=C\C/C=C\CC)COC(=O)CCCCCCCCCCCCC/C=C\C/C=C\CCCCCCC. The number of hydrogen-bond acceptors (Lipinski definition) is 6. The molecule has 0 aliphatic heterocycles. The number of rotatable bonds is 56. The van der Waals surface area contributed by atoms with Crippen LogP contribution in [-0.4, -0.2) is 37.2 Å². The molecule has 6 heteroatoms. The van der Waals surface area contributed by atoms with Gasteiger partial charge < -0.3 is 14.2 Å². The summed E-state index contributed by atoms with van der Waals surface area (Å²) in [5.41, 5.74) is 0. The van der Waals surface area contributed by atoms with Gasteiger partial charge in [0.15, 0.2) is 6.10 Å². The van der Waals surface area contributed by atoms with E-state index in [1.165, 1.54) is 122 Å². The van der Waals surface area contributed by atoms with E-state index in [0.29, 0.717) is 19.3 Å². The van der Waals surface area contributed by atoms with Crippen molar-refractivity contribution in [2.24, 2.45) is 0 Å². The molecular weight excluding hydrogens is 949 g/mol. The topological polar surface area (TPSA) is 78.9 Å². The van der Waals surface area contributed by atoms with E-state index in [1.54, 1.807) is 0 Å². The zero-order chi connectivity index (χ0) is 55.7. The minimum absolute atomic E-state index is 0.116. The zero-order valence-corrected chi connectivity index (χ0v) is 49.9. The second-order valence-corrected chi connectivity index (χ2v) is 20.5. The molecule has 0 rings (SSSR count). The lowest BCUT2D eigenvalue weighted by Crippen LogP contribution is -2.30. The van der Waals surface area contributed by atoms with Crippen LogP contribution in [0.25, 0.3) is 0 Å². The minimum atomic E-state index is -0.830. The second kappa shape index (κ2) is 64.1. The predicted molar refractivity (Wildman–Crippen MR) is 334 cm³/mol. The Labute approximate surface area is 475 Å². The molecule has 0 aromatic rings. The summed E-state index contributed by atoms with van der Waals surface area (Å²) in [7, 11) is 0. The molecule has 1 unspecified atom stereocenters. The van der Waals surface area contributed by atoms with Gasteiger partial charge >= 0.3 is 17.9 Å². The van der Waals surface area contributed by atoms with Crippen molar-refractivity contribution >= 4 is 17.9 Å². The Morgan fingerprint density at radius 3 is 0.844 bits per heavy atom. The van der Waals surface area contributed by atoms with Gasteiger partial charge in [-0.2, -0.15) is 0 Å². The van der Waals surface area contributed by atoms with Crippen LogP contribution in [0, 0.1) is 0 Å². The fourth-order valence-electron chi connectivity index (χ4n) is 8.45. The summed E-state index contributed by atoms with van der Waals surface area (Å²) in [5, 5.41) is 0. The van der Waals surface area contributed by atoms with Crippen molar-refractivity contribution in [3.63, 3.8) is 0 Å². The van der Waals surface area contributed by atoms with Crippen LogP contribution in [0.2, 0.25) is 0 Å². The van der Waals surface area contributed by atoms with E-state index in [2.05, 4.69) is 148 Å². The molecule has 0 heterocycles. The summed E-state index contributed by atoms with van der Waals surface area (Å²) in [4.78, 5) is 38.3. The summed E-state index contributed by atoms with van der Waals surface area (Å²) < 4.78 is 16.8. The lowest BCUT2D eigenvalue weighted by molar-refractivity contribution is -0.166. The Bertz CT molecular complexity index is 1650. The van der Waals surface area contributed by atoms with Gasteiger partial charge in [0.1, 0.15) is 13.2 Å². The minimum Gasteiger partial charge on any atom is -0.462 e. The van der Waals surface area contributed by atoms with Gasteiger partial charge in [-0.25, -0.2) is 0 Å². The van der Waals surface area contributed by atoms with Crippen molar-refractivity contribution in [1.29, 1.82) is 0 Å². The van der Waals surface area contributed by atoms with Crippen molar-refractivity contribution in [2.45, 2.75) is 284 Å². The Morgan fingerprint density at radius 1 is 0.273 bits per heavy atom. The van der Waals surface area contributed by atoms with E-state index >= 15 is 0 Å². The number of unbranched alkanes of at least 4 members (excludes halogenated alkanes) is 23. The van der Waals surface area contributed by atoms with Crippen LogP contribution in [0.5, 0.6) is 0 Å². The fraction of sp³-hybridized carbons (Fsp3) is 0.648. The normalized spacial score (nSPS) is 13.0. The summed E-state index contributed by atoms with van der Waals surface area (Å²) in [6, 6.07) is 0. The maximum Gasteiger partial charge on any atom is 0.306 e. The molecule has 0 saturated carbocycles. The first kappa shape index (κ1) is 72.5. The van der Waals surface area contributed by atoms with Crippen molar-refractivity contribution in [3.8, 4) is 0 Å². The van der Waals surface area contributed by atoms with Crippen molar-refractivity contribution in [1.82, 2.24) is 0 Å². The molecule has 0 amide bonds. The van der Waals surface area contributed by atoms with Crippen molar-refractivity contribution in [3.05, 3.63) is 134 Å². The van der Waals surface area contributed by atoms with E-state index in [-0.39, 0.29) is 31.6 Å². The molecular formula is C71H116O6. The van der Waals surface area contributed by atoms with E-state index < -0.39 is 12.1 Å². The third kappa shape index (κ3) is 62.3. The molecule has 0 bridgehead atoms. The first-order chi connectivity index (χ1) is 38.0. The Balaban J connectivity index is 4.49. The standard InChI is InChI=1S/C71H116O6/c1-4-7-10-13-16-19-22-25-28-31-33-34-35-36-38-40-43-46-49-52-55-58-61-64-70(73)76-67-68(66-75-69(72)63-60-57-54-51-48-45-42-39-30-27-24-21-18-15-12-9-6-3)77-71(74)65-62-59-56-53-50-47-44-41-37-32-29-26-23-20-17-14-11-8-5-2/h8-9,11-12,17-18,20-22,25-27,29-31,33,37,41,47,50,56,59,68H,4-7,10,13-16,19,23-24,28,32,34-36,38-40,42-46,48-49,51-55,57-58,60-67H2,1-3H3/b11-8-,12-9-,20-17-,21-18-,25-22-,29-26-,30-27-,33-31-,41-37-,50-47-,59-56-. The van der Waals surface area contributed by atoms with Crippen molar-refractivity contribution < 1.29 is 28.6 Å². The molecule has 0 spiro atoms. The highest BCUT2D eigenvalue weighted by molar-refractivity contribution is 5.71. The van der Waals surface area contributed by atoms with Gasteiger partial charge in [-0.1, -0.05) is 270 Å². The van der Waals surface area contributed by atoms with Crippen LogP contribution >= 0.6 is 0 Å². The van der Waals surface area contributed by atoms with Crippen LogP contribution in [-0.2, 0) is 28.6 Å². The van der Waals surface area contributed by atoms with Gasteiger partial charge in [-0.3, -0.25) is 14.4 Å². The molecule has 0 aliphatic rings. The molecule has 0 radical (unpaired) electrons. The third-order valence-corrected chi connectivity index (χ3v) is 13.1. The Kier molecular flexibility index (Phi) is 60.4. The van der Waals surface area contributed by atoms with Gasteiger partial charge in [-0.05, 0) is 122 Å². The molecule has 0 aromatic heterocycles. The molecule has 0 N–H and O–H groups in total. The molecule has 0 saturated heterocycles. The fourth-order valence-corrected chi connectivity index (χ4v) is 8.45. The number of esters is 3. The molecule has 436 valence electrons. The predicted octanol–water partition coefficient (Wildman–Crippen LogP) is 21.8. The molecule has 0 aromatic carbocycles. The molecule has 77 heavy (non-hydrogen) atoms. The molecule has 0 fully saturated rings. The monoisotopic (exact) mass is 1060 g/mol. The highest BCUT2D eigenvalue weighted by atomic mass is 16.6. The lowest BCUT2D eigenvalue weighted by Gasteiger charge is -2.18. The Morgan fingerprint density at radius 2 is 0.532 bits per heavy atom. The summed E-state index contributed by atoms with van der Waals surface area (Å²) in [6.07, 6.45) is 90.4. The number of ether oxygens (including phenoxy) is 3. The van der Waals surface area contributed by atoms with E-state index in [4.69, 9.17) is 14.2 Å². The average molecular weight is 1070 g/mol. The van der Waals surface area contributed by atoms with Crippen LogP contribution in [0.1, 0.15) is 278 Å². The van der Waals surface area contributed by atoms with Crippen LogP contribution in [0.4, 0.5) is 0 Å². The van der Waals surface area contributed by atoms with E-state index in [9.17, 15) is 14.4 Å². The first-order valence-electron chi connectivity index (χ1n) is 31.7. The van der Waals surface area contributed by atoms with Crippen LogP contribution < -0.4 is 0 Å². The number of carbonyl (C=O) groups is 3. The van der Waals surface area contributed by atoms with E-state index in [1.807, 2.05) is 6.08 Å². The number of carbonyl (C=O) groups excluding carboxylic acids is 3. The maximum absolute atomic E-state index is 12.9. The molecule has 1 atom stereocenters. The van der Waals surface area contributed by atoms with Crippen LogP contribution in [0.15, 0.2) is 134 Å². The summed E-state index contributed by atoms with van der Waals surface area (Å²) >= 11 is 0. The molecule has 6 nitrogen and oxygen atoms in total. The number of hydrogen-bond donors (Lipinski definition) is 0. The number of allylic oxidation sites excluding steroid dienone is 22. The third-order valence-electron chi connectivity index (χ3n) is 13.1. The van der Waals surface area contributed by atoms with Crippen LogP contribution in [0.3, 0.4) is 0 Å². The lowest BCUT2D eigenvalue weighted by atomic mass is 10.0. The average Bonchev–Trinajstić information content (AvgIpc) is 3.43. The van der Waals surface area contributed by atoms with Gasteiger partial charge in [0.05, 0.1) is 0 Å². The highest BCUT2D eigenvalue weighted by Gasteiger charge is 2.19. The van der Waals surface area contributed by atoms with Gasteiger partial charge in [-0.15, -0.1) is 0 Å². The quantitative estimate of drug-likeness (QED) is 0.0261. The Hall–Kier alpha value is -4.45. The highest BCUT2D eigenvalue weighted by Crippen LogP contribution is 2.15. The largest absolute Gasteiger partial charge is 0.462 e. The molecule has 0 aliphatic carbocycles.